The van der Waals surface area contributed by atoms with Crippen molar-refractivity contribution in [2.24, 2.45) is 0 Å². The molecule has 2 aromatic carbocycles. The molecule has 0 spiro atoms. The number of thiazole rings is 1. The van der Waals surface area contributed by atoms with Gasteiger partial charge < -0.3 is 5.32 Å². The maximum Gasteiger partial charge on any atom is 0.230 e. The minimum absolute atomic E-state index is 0.148. The molecule has 5 nitrogen and oxygen atoms in total. The van der Waals surface area contributed by atoms with Crippen molar-refractivity contribution in [2.45, 2.75) is 25.2 Å². The van der Waals surface area contributed by atoms with Gasteiger partial charge >= 0.3 is 0 Å². The standard InChI is InChI=1S/C18H18N2O3S2/c1-11-4-5-13(8-12(11)2)9-17(21)20-18-19-15-7-6-14(25(3,22)23)10-16(15)24-18/h4-8,10H,9H2,1-3H3,(H,19,20,21). The lowest BCUT2D eigenvalue weighted by Crippen LogP contribution is -2.14. The van der Waals surface area contributed by atoms with Crippen LogP contribution in [0.5, 0.6) is 0 Å². The molecule has 0 atom stereocenters. The van der Waals surface area contributed by atoms with Gasteiger partial charge in [0.25, 0.3) is 0 Å². The summed E-state index contributed by atoms with van der Waals surface area (Å²) in [6.07, 6.45) is 1.44. The number of sulfone groups is 1. The third-order valence-corrected chi connectivity index (χ3v) is 6.01. The molecular weight excluding hydrogens is 356 g/mol. The van der Waals surface area contributed by atoms with Crippen molar-refractivity contribution in [1.29, 1.82) is 0 Å². The summed E-state index contributed by atoms with van der Waals surface area (Å²) in [5.41, 5.74) is 3.95. The smallest absolute Gasteiger partial charge is 0.230 e. The van der Waals surface area contributed by atoms with Crippen LogP contribution in [0.3, 0.4) is 0 Å². The maximum atomic E-state index is 12.2. The van der Waals surface area contributed by atoms with Crippen LogP contribution in [-0.2, 0) is 21.1 Å². The molecule has 0 aliphatic carbocycles. The zero-order valence-corrected chi connectivity index (χ0v) is 15.8. The van der Waals surface area contributed by atoms with Gasteiger partial charge in [-0.1, -0.05) is 29.5 Å². The Balaban J connectivity index is 1.78. The van der Waals surface area contributed by atoms with Gasteiger partial charge in [0.2, 0.25) is 5.91 Å². The van der Waals surface area contributed by atoms with Gasteiger partial charge in [0.1, 0.15) is 0 Å². The SMILES string of the molecule is Cc1ccc(CC(=O)Nc2nc3ccc(S(C)(=O)=O)cc3s2)cc1C. The first kappa shape index (κ1) is 17.6. The number of fused-ring (bicyclic) bond motifs is 1. The fourth-order valence-corrected chi connectivity index (χ4v) is 4.09. The Morgan fingerprint density at radius 3 is 2.56 bits per heavy atom. The maximum absolute atomic E-state index is 12.2. The number of rotatable bonds is 4. The third-order valence-electron chi connectivity index (χ3n) is 3.97. The number of benzene rings is 2. The summed E-state index contributed by atoms with van der Waals surface area (Å²) < 4.78 is 24.0. The van der Waals surface area contributed by atoms with E-state index in [1.807, 2.05) is 32.0 Å². The number of aromatic nitrogens is 1. The lowest BCUT2D eigenvalue weighted by molar-refractivity contribution is -0.115. The predicted octanol–water partition coefficient (Wildman–Crippen LogP) is 3.50. The second-order valence-electron chi connectivity index (χ2n) is 6.06. The van der Waals surface area contributed by atoms with E-state index in [1.54, 1.807) is 12.1 Å². The van der Waals surface area contributed by atoms with Crippen molar-refractivity contribution in [3.8, 4) is 0 Å². The fourth-order valence-electron chi connectivity index (χ4n) is 2.45. The van der Waals surface area contributed by atoms with E-state index in [0.29, 0.717) is 10.6 Å². The molecule has 0 radical (unpaired) electrons. The zero-order chi connectivity index (χ0) is 18.2. The molecule has 1 aromatic heterocycles. The van der Waals surface area contributed by atoms with Crippen LogP contribution < -0.4 is 5.32 Å². The summed E-state index contributed by atoms with van der Waals surface area (Å²) >= 11 is 1.26. The van der Waals surface area contributed by atoms with Gasteiger partial charge in [-0.25, -0.2) is 13.4 Å². The van der Waals surface area contributed by atoms with E-state index in [-0.39, 0.29) is 17.2 Å². The van der Waals surface area contributed by atoms with Crippen LogP contribution in [0.4, 0.5) is 5.13 Å². The minimum Gasteiger partial charge on any atom is -0.302 e. The molecule has 3 rings (SSSR count). The van der Waals surface area contributed by atoms with E-state index >= 15 is 0 Å². The van der Waals surface area contributed by atoms with Crippen LogP contribution in [-0.4, -0.2) is 25.6 Å². The number of hydrogen-bond donors (Lipinski definition) is 1. The molecule has 0 aliphatic rings. The fraction of sp³-hybridized carbons (Fsp3) is 0.222. The van der Waals surface area contributed by atoms with E-state index in [4.69, 9.17) is 0 Å². The summed E-state index contributed by atoms with van der Waals surface area (Å²) in [5.74, 6) is -0.148. The largest absolute Gasteiger partial charge is 0.302 e. The Morgan fingerprint density at radius 1 is 1.12 bits per heavy atom. The molecule has 130 valence electrons. The van der Waals surface area contributed by atoms with Crippen molar-refractivity contribution in [3.63, 3.8) is 0 Å². The summed E-state index contributed by atoms with van der Waals surface area (Å²) in [5, 5.41) is 3.26. The highest BCUT2D eigenvalue weighted by Gasteiger charge is 2.12. The normalized spacial score (nSPS) is 11.6. The van der Waals surface area contributed by atoms with Crippen molar-refractivity contribution in [3.05, 3.63) is 53.1 Å². The van der Waals surface area contributed by atoms with Crippen LogP contribution in [0.2, 0.25) is 0 Å². The van der Waals surface area contributed by atoms with E-state index in [2.05, 4.69) is 10.3 Å². The van der Waals surface area contributed by atoms with Crippen molar-refractivity contribution >= 4 is 42.4 Å². The van der Waals surface area contributed by atoms with Gasteiger partial charge in [-0.3, -0.25) is 4.79 Å². The van der Waals surface area contributed by atoms with E-state index in [0.717, 1.165) is 15.8 Å². The van der Waals surface area contributed by atoms with Crippen LogP contribution >= 0.6 is 11.3 Å². The Hall–Kier alpha value is -2.25. The lowest BCUT2D eigenvalue weighted by Gasteiger charge is -2.05. The Labute approximate surface area is 150 Å². The molecule has 0 saturated carbocycles. The number of aryl methyl sites for hydroxylation is 2. The second-order valence-corrected chi connectivity index (χ2v) is 9.11. The second kappa shape index (κ2) is 6.57. The molecule has 0 aliphatic heterocycles. The summed E-state index contributed by atoms with van der Waals surface area (Å²) in [6, 6.07) is 10.7. The molecule has 1 heterocycles. The highest BCUT2D eigenvalue weighted by Crippen LogP contribution is 2.28. The number of amides is 1. The molecule has 0 bridgehead atoms. The first-order valence-electron chi connectivity index (χ1n) is 7.69. The first-order chi connectivity index (χ1) is 11.7. The number of nitrogens with one attached hydrogen (secondary N) is 1. The molecular formula is C18H18N2O3S2. The third kappa shape index (κ3) is 4.05. The molecule has 25 heavy (non-hydrogen) atoms. The molecule has 0 unspecified atom stereocenters. The zero-order valence-electron chi connectivity index (χ0n) is 14.2. The van der Waals surface area contributed by atoms with E-state index < -0.39 is 9.84 Å². The van der Waals surface area contributed by atoms with Gasteiger partial charge in [0, 0.05) is 6.26 Å². The van der Waals surface area contributed by atoms with Crippen molar-refractivity contribution < 1.29 is 13.2 Å². The first-order valence-corrected chi connectivity index (χ1v) is 10.4. The van der Waals surface area contributed by atoms with Gasteiger partial charge in [0.15, 0.2) is 15.0 Å². The molecule has 7 heteroatoms. The minimum atomic E-state index is -3.26. The highest BCUT2D eigenvalue weighted by atomic mass is 32.2. The molecule has 0 fully saturated rings. The Morgan fingerprint density at radius 2 is 1.88 bits per heavy atom. The van der Waals surface area contributed by atoms with Crippen molar-refractivity contribution in [1.82, 2.24) is 4.98 Å². The summed E-state index contributed by atoms with van der Waals surface area (Å²) in [7, 11) is -3.26. The topological polar surface area (TPSA) is 76.1 Å². The summed E-state index contributed by atoms with van der Waals surface area (Å²) in [6.45, 7) is 4.05. The Bertz CT molecular complexity index is 1070. The highest BCUT2D eigenvalue weighted by molar-refractivity contribution is 7.90. The summed E-state index contributed by atoms with van der Waals surface area (Å²) in [4.78, 5) is 16.8. The molecule has 1 amide bonds. The number of carbonyl (C=O) groups is 1. The number of anilines is 1. The van der Waals surface area contributed by atoms with E-state index in [9.17, 15) is 13.2 Å². The van der Waals surface area contributed by atoms with Crippen LogP contribution in [0.25, 0.3) is 10.2 Å². The number of nitrogens with zero attached hydrogens (tertiary/aromatic N) is 1. The van der Waals surface area contributed by atoms with Crippen LogP contribution in [0.1, 0.15) is 16.7 Å². The van der Waals surface area contributed by atoms with E-state index in [1.165, 1.54) is 29.2 Å². The predicted molar refractivity (Wildman–Crippen MR) is 101 cm³/mol. The Kier molecular flexibility index (Phi) is 4.62. The molecule has 1 N–H and O–H groups in total. The lowest BCUT2D eigenvalue weighted by atomic mass is 10.0. The molecule has 3 aromatic rings. The van der Waals surface area contributed by atoms with Gasteiger partial charge in [-0.05, 0) is 48.7 Å². The van der Waals surface area contributed by atoms with Crippen LogP contribution in [0, 0.1) is 13.8 Å². The van der Waals surface area contributed by atoms with Gasteiger partial charge in [-0.15, -0.1) is 0 Å². The molecule has 0 saturated heterocycles. The quantitative estimate of drug-likeness (QED) is 0.758. The van der Waals surface area contributed by atoms with Gasteiger partial charge in [-0.2, -0.15) is 0 Å². The van der Waals surface area contributed by atoms with Crippen molar-refractivity contribution in [2.75, 3.05) is 11.6 Å². The average molecular weight is 374 g/mol. The number of hydrogen-bond acceptors (Lipinski definition) is 5. The monoisotopic (exact) mass is 374 g/mol. The number of carbonyl (C=O) groups excluding carboxylic acids is 1. The van der Waals surface area contributed by atoms with Crippen LogP contribution in [0.15, 0.2) is 41.3 Å². The average Bonchev–Trinajstić information content (AvgIpc) is 2.91. The van der Waals surface area contributed by atoms with Gasteiger partial charge in [0.05, 0.1) is 21.5 Å².